The second kappa shape index (κ2) is 7.18. The first-order chi connectivity index (χ1) is 11.6. The summed E-state index contributed by atoms with van der Waals surface area (Å²) in [6, 6.07) is 4.26. The molecule has 7 heteroatoms. The normalized spacial score (nSPS) is 19.0. The Morgan fingerprint density at radius 1 is 1.28 bits per heavy atom. The zero-order chi connectivity index (χ0) is 18.8. The maximum atomic E-state index is 13.7. The summed E-state index contributed by atoms with van der Waals surface area (Å²) in [5.41, 5.74) is 0.202. The van der Waals surface area contributed by atoms with Gasteiger partial charge in [0.2, 0.25) is 5.91 Å². The summed E-state index contributed by atoms with van der Waals surface area (Å²) < 4.78 is 31.1. The van der Waals surface area contributed by atoms with Crippen molar-refractivity contribution in [3.63, 3.8) is 0 Å². The van der Waals surface area contributed by atoms with E-state index in [0.29, 0.717) is 16.8 Å². The van der Waals surface area contributed by atoms with Crippen LogP contribution in [0, 0.1) is 5.82 Å². The van der Waals surface area contributed by atoms with Gasteiger partial charge < -0.3 is 19.4 Å². The van der Waals surface area contributed by atoms with Crippen LogP contribution < -0.4 is 10.1 Å². The number of hydrogen-bond acceptors (Lipinski definition) is 4. The van der Waals surface area contributed by atoms with Gasteiger partial charge in [-0.2, -0.15) is 0 Å². The number of carbonyl (C=O) groups excluding carboxylic acids is 1. The molecule has 0 spiro atoms. The molecule has 1 N–H and O–H groups in total. The summed E-state index contributed by atoms with van der Waals surface area (Å²) in [7, 11) is 0.872. The Kier molecular flexibility index (Phi) is 5.59. The Labute approximate surface area is 148 Å². The zero-order valence-corrected chi connectivity index (χ0v) is 15.6. The standard InChI is InChI=1S/C18H25BFNO4/c1-12(22)21-11-14(19-24-17(2,3)18(4,5)25-19)9-13-10-15(20)7-8-16(13)23-6/h7-10H,11H2,1-6H3,(H,21,22). The number of hydrogen-bond donors (Lipinski definition) is 1. The zero-order valence-electron chi connectivity index (χ0n) is 15.6. The molecule has 0 bridgehead atoms. The SMILES string of the molecule is COc1ccc(F)cc1C=C(CNC(C)=O)B1OC(C)(C)C(C)(C)O1. The van der Waals surface area contributed by atoms with E-state index in [0.717, 1.165) is 0 Å². The van der Waals surface area contributed by atoms with E-state index in [4.69, 9.17) is 14.0 Å². The summed E-state index contributed by atoms with van der Waals surface area (Å²) >= 11 is 0. The highest BCUT2D eigenvalue weighted by molar-refractivity contribution is 6.56. The summed E-state index contributed by atoms with van der Waals surface area (Å²) in [4.78, 5) is 11.3. The predicted molar refractivity (Wildman–Crippen MR) is 95.7 cm³/mol. The van der Waals surface area contributed by atoms with Crippen LogP contribution in [0.4, 0.5) is 4.39 Å². The van der Waals surface area contributed by atoms with Crippen molar-refractivity contribution in [2.24, 2.45) is 0 Å². The smallest absolute Gasteiger partial charge is 0.492 e. The lowest BCUT2D eigenvalue weighted by molar-refractivity contribution is -0.118. The monoisotopic (exact) mass is 349 g/mol. The van der Waals surface area contributed by atoms with E-state index in [1.807, 2.05) is 27.7 Å². The van der Waals surface area contributed by atoms with Crippen LogP contribution in [0.15, 0.2) is 23.7 Å². The van der Waals surface area contributed by atoms with Gasteiger partial charge in [-0.1, -0.05) is 6.08 Å². The largest absolute Gasteiger partial charge is 0.496 e. The molecule has 1 amide bonds. The molecule has 1 saturated heterocycles. The van der Waals surface area contributed by atoms with Gasteiger partial charge in [0, 0.05) is 19.0 Å². The fourth-order valence-corrected chi connectivity index (χ4v) is 2.44. The van der Waals surface area contributed by atoms with Crippen LogP contribution in [0.1, 0.15) is 40.2 Å². The van der Waals surface area contributed by atoms with Crippen LogP contribution in [0.5, 0.6) is 5.75 Å². The van der Waals surface area contributed by atoms with Gasteiger partial charge in [-0.15, -0.1) is 0 Å². The average Bonchev–Trinajstić information content (AvgIpc) is 2.71. The first-order valence-electron chi connectivity index (χ1n) is 8.20. The molecule has 1 heterocycles. The van der Waals surface area contributed by atoms with Crippen LogP contribution in [-0.4, -0.2) is 37.9 Å². The molecule has 0 aromatic heterocycles. The van der Waals surface area contributed by atoms with Crippen LogP contribution in [0.3, 0.4) is 0 Å². The van der Waals surface area contributed by atoms with Gasteiger partial charge in [-0.05, 0) is 51.4 Å². The van der Waals surface area contributed by atoms with Crippen LogP contribution in [-0.2, 0) is 14.1 Å². The Balaban J connectivity index is 2.40. The molecule has 0 saturated carbocycles. The summed E-state index contributed by atoms with van der Waals surface area (Å²) in [6.07, 6.45) is 1.74. The number of carbonyl (C=O) groups is 1. The van der Waals surface area contributed by atoms with Gasteiger partial charge in [-0.3, -0.25) is 4.79 Å². The number of amides is 1. The van der Waals surface area contributed by atoms with Gasteiger partial charge in [0.1, 0.15) is 11.6 Å². The Hall–Kier alpha value is -1.86. The van der Waals surface area contributed by atoms with Gasteiger partial charge in [0.05, 0.1) is 18.3 Å². The molecule has 1 aromatic carbocycles. The van der Waals surface area contributed by atoms with Crippen molar-refractivity contribution in [1.29, 1.82) is 0 Å². The fraction of sp³-hybridized carbons (Fsp3) is 0.500. The van der Waals surface area contributed by atoms with E-state index in [9.17, 15) is 9.18 Å². The lowest BCUT2D eigenvalue weighted by Crippen LogP contribution is -2.41. The van der Waals surface area contributed by atoms with E-state index in [2.05, 4.69) is 5.32 Å². The van der Waals surface area contributed by atoms with Crippen molar-refractivity contribution in [1.82, 2.24) is 5.32 Å². The highest BCUT2D eigenvalue weighted by atomic mass is 19.1. The predicted octanol–water partition coefficient (Wildman–Crippen LogP) is 2.99. The number of nitrogens with one attached hydrogen (secondary N) is 1. The Bertz CT molecular complexity index is 672. The molecule has 1 aliphatic heterocycles. The van der Waals surface area contributed by atoms with Crippen molar-refractivity contribution in [3.8, 4) is 5.75 Å². The summed E-state index contributed by atoms with van der Waals surface area (Å²) in [5, 5.41) is 2.75. The molecule has 1 aromatic rings. The second-order valence-corrected chi connectivity index (χ2v) is 7.10. The molecule has 2 rings (SSSR count). The average molecular weight is 349 g/mol. The molecule has 5 nitrogen and oxygen atoms in total. The topological polar surface area (TPSA) is 56.8 Å². The quantitative estimate of drug-likeness (QED) is 0.831. The van der Waals surface area contributed by atoms with Crippen LogP contribution in [0.25, 0.3) is 6.08 Å². The van der Waals surface area contributed by atoms with Crippen molar-refractivity contribution >= 4 is 19.1 Å². The molecular weight excluding hydrogens is 324 g/mol. The first-order valence-corrected chi connectivity index (χ1v) is 8.20. The van der Waals surface area contributed by atoms with Crippen molar-refractivity contribution in [2.75, 3.05) is 13.7 Å². The molecule has 0 unspecified atom stereocenters. The van der Waals surface area contributed by atoms with E-state index in [-0.39, 0.29) is 18.3 Å². The molecule has 1 aliphatic rings. The highest BCUT2D eigenvalue weighted by Crippen LogP contribution is 2.39. The van der Waals surface area contributed by atoms with E-state index < -0.39 is 18.3 Å². The van der Waals surface area contributed by atoms with E-state index >= 15 is 0 Å². The fourth-order valence-electron chi connectivity index (χ4n) is 2.44. The Morgan fingerprint density at radius 3 is 2.40 bits per heavy atom. The van der Waals surface area contributed by atoms with E-state index in [1.54, 1.807) is 12.1 Å². The number of methoxy groups -OCH3 is 1. The summed E-state index contributed by atoms with van der Waals surface area (Å²) in [5.74, 6) is -0.0216. The van der Waals surface area contributed by atoms with Crippen molar-refractivity contribution in [3.05, 3.63) is 35.1 Å². The van der Waals surface area contributed by atoms with Gasteiger partial charge in [0.15, 0.2) is 0 Å². The van der Waals surface area contributed by atoms with Crippen LogP contribution in [0.2, 0.25) is 0 Å². The third-order valence-corrected chi connectivity index (χ3v) is 4.63. The van der Waals surface area contributed by atoms with Crippen molar-refractivity contribution < 1.29 is 23.2 Å². The lowest BCUT2D eigenvalue weighted by Gasteiger charge is -2.32. The number of halogens is 1. The number of benzene rings is 1. The molecule has 0 aliphatic carbocycles. The molecule has 136 valence electrons. The minimum atomic E-state index is -0.648. The van der Waals surface area contributed by atoms with Crippen LogP contribution >= 0.6 is 0 Å². The maximum absolute atomic E-state index is 13.7. The van der Waals surface area contributed by atoms with E-state index in [1.165, 1.54) is 26.2 Å². The lowest BCUT2D eigenvalue weighted by atomic mass is 9.77. The minimum absolute atomic E-state index is 0.173. The third kappa shape index (κ3) is 4.41. The second-order valence-electron chi connectivity index (χ2n) is 7.10. The van der Waals surface area contributed by atoms with Gasteiger partial charge >= 0.3 is 7.12 Å². The Morgan fingerprint density at radius 2 is 1.88 bits per heavy atom. The number of ether oxygens (including phenoxy) is 1. The molecule has 0 atom stereocenters. The first kappa shape index (κ1) is 19.5. The number of rotatable bonds is 5. The van der Waals surface area contributed by atoms with Gasteiger partial charge in [-0.25, -0.2) is 4.39 Å². The molecular formula is C18H25BFNO4. The van der Waals surface area contributed by atoms with Crippen molar-refractivity contribution in [2.45, 2.75) is 45.8 Å². The van der Waals surface area contributed by atoms with Gasteiger partial charge in [0.25, 0.3) is 0 Å². The molecule has 0 radical (unpaired) electrons. The summed E-state index contributed by atoms with van der Waals surface area (Å²) in [6.45, 7) is 9.46. The molecule has 25 heavy (non-hydrogen) atoms. The minimum Gasteiger partial charge on any atom is -0.496 e. The highest BCUT2D eigenvalue weighted by Gasteiger charge is 2.52. The maximum Gasteiger partial charge on any atom is 0.492 e. The third-order valence-electron chi connectivity index (χ3n) is 4.63. The molecule has 1 fully saturated rings.